The first-order valence-corrected chi connectivity index (χ1v) is 10.7. The van der Waals surface area contributed by atoms with Crippen molar-refractivity contribution in [2.75, 3.05) is 13.2 Å². The maximum atomic E-state index is 12.5. The number of hydrogen-bond acceptors (Lipinski definition) is 5. The molecule has 9 heteroatoms. The van der Waals surface area contributed by atoms with Crippen molar-refractivity contribution in [1.82, 2.24) is 15.6 Å². The van der Waals surface area contributed by atoms with Crippen LogP contribution in [0.3, 0.4) is 0 Å². The molecule has 3 rings (SSSR count). The second-order valence-electron chi connectivity index (χ2n) is 6.46. The Morgan fingerprint density at radius 2 is 1.84 bits per heavy atom. The van der Waals surface area contributed by atoms with Gasteiger partial charge in [0.2, 0.25) is 0 Å². The van der Waals surface area contributed by atoms with Crippen molar-refractivity contribution < 1.29 is 19.4 Å². The largest absolute Gasteiger partial charge is 0.456 e. The van der Waals surface area contributed by atoms with Crippen molar-refractivity contribution in [2.45, 2.75) is 0 Å². The van der Waals surface area contributed by atoms with Crippen LogP contribution < -0.4 is 15.4 Å². The van der Waals surface area contributed by atoms with E-state index in [-0.39, 0.29) is 29.6 Å². The van der Waals surface area contributed by atoms with Gasteiger partial charge in [-0.3, -0.25) is 9.59 Å². The third-order valence-corrected chi connectivity index (χ3v) is 5.01. The van der Waals surface area contributed by atoms with E-state index in [1.54, 1.807) is 24.3 Å². The van der Waals surface area contributed by atoms with Gasteiger partial charge in [-0.1, -0.05) is 35.9 Å². The highest BCUT2D eigenvalue weighted by molar-refractivity contribution is 9.10. The molecule has 0 saturated heterocycles. The van der Waals surface area contributed by atoms with E-state index in [9.17, 15) is 9.59 Å². The van der Waals surface area contributed by atoms with Crippen molar-refractivity contribution in [3.63, 3.8) is 0 Å². The molecule has 3 aromatic rings. The summed E-state index contributed by atoms with van der Waals surface area (Å²) in [5, 5.41) is 14.3. The lowest BCUT2D eigenvalue weighted by atomic mass is 10.1. The zero-order valence-corrected chi connectivity index (χ0v) is 19.1. The van der Waals surface area contributed by atoms with Crippen molar-refractivity contribution in [1.29, 1.82) is 0 Å². The van der Waals surface area contributed by atoms with Gasteiger partial charge in [-0.2, -0.15) is 0 Å². The Morgan fingerprint density at radius 1 is 1.09 bits per heavy atom. The van der Waals surface area contributed by atoms with Crippen LogP contribution in [0.1, 0.15) is 15.9 Å². The molecule has 0 fully saturated rings. The van der Waals surface area contributed by atoms with Gasteiger partial charge in [0.05, 0.1) is 16.6 Å². The summed E-state index contributed by atoms with van der Waals surface area (Å²) in [6, 6.07) is 17.5. The van der Waals surface area contributed by atoms with Crippen LogP contribution in [-0.4, -0.2) is 35.1 Å². The Morgan fingerprint density at radius 3 is 2.50 bits per heavy atom. The summed E-state index contributed by atoms with van der Waals surface area (Å²) in [7, 11) is 0. The zero-order chi connectivity index (χ0) is 22.9. The molecular weight excluding hydrogens is 498 g/mol. The van der Waals surface area contributed by atoms with Gasteiger partial charge in [-0.25, -0.2) is 4.98 Å². The lowest BCUT2D eigenvalue weighted by molar-refractivity contribution is -0.117. The minimum absolute atomic E-state index is 0.0119. The zero-order valence-electron chi connectivity index (χ0n) is 16.7. The van der Waals surface area contributed by atoms with Gasteiger partial charge in [0, 0.05) is 12.7 Å². The number of para-hydroxylation sites is 1. The number of hydrogen-bond donors (Lipinski definition) is 3. The highest BCUT2D eigenvalue weighted by Crippen LogP contribution is 2.29. The molecule has 0 spiro atoms. The number of amides is 2. The van der Waals surface area contributed by atoms with Gasteiger partial charge in [-0.05, 0) is 64.0 Å². The Labute approximate surface area is 198 Å². The smallest absolute Gasteiger partial charge is 0.267 e. The molecule has 0 aliphatic rings. The number of benzene rings is 2. The summed E-state index contributed by atoms with van der Waals surface area (Å²) in [4.78, 5) is 28.9. The van der Waals surface area contributed by atoms with Crippen LogP contribution in [0.25, 0.3) is 6.08 Å². The molecule has 1 aromatic heterocycles. The van der Waals surface area contributed by atoms with Gasteiger partial charge >= 0.3 is 0 Å². The number of ether oxygens (including phenoxy) is 1. The molecule has 164 valence electrons. The van der Waals surface area contributed by atoms with E-state index in [0.29, 0.717) is 17.1 Å². The highest BCUT2D eigenvalue weighted by Gasteiger charge is 2.15. The minimum atomic E-state index is -0.539. The molecular formula is C23H19BrClN3O4. The molecule has 3 N–H and O–H groups in total. The minimum Gasteiger partial charge on any atom is -0.456 e. The SMILES string of the molecule is O=C(NCCO)/C(=C/c1ccc(Oc2ccccc2Br)cc1)NC(=O)c1ccc(Cl)nc1. The number of aliphatic hydroxyl groups excluding tert-OH is 1. The average Bonchev–Trinajstić information content (AvgIpc) is 2.80. The maximum Gasteiger partial charge on any atom is 0.267 e. The molecule has 1 heterocycles. The average molecular weight is 517 g/mol. The molecule has 7 nitrogen and oxygen atoms in total. The fourth-order valence-corrected chi connectivity index (χ4v) is 3.06. The van der Waals surface area contributed by atoms with Crippen LogP contribution in [0.2, 0.25) is 5.15 Å². The number of aromatic nitrogens is 1. The fourth-order valence-electron chi connectivity index (χ4n) is 2.58. The van der Waals surface area contributed by atoms with Gasteiger partial charge in [0.15, 0.2) is 0 Å². The summed E-state index contributed by atoms with van der Waals surface area (Å²) in [5.74, 6) is 0.219. The molecule has 32 heavy (non-hydrogen) atoms. The fraction of sp³-hybridized carbons (Fsp3) is 0.0870. The normalized spacial score (nSPS) is 11.0. The second-order valence-corrected chi connectivity index (χ2v) is 7.70. The number of pyridine rings is 1. The summed E-state index contributed by atoms with van der Waals surface area (Å²) >= 11 is 9.19. The van der Waals surface area contributed by atoms with Crippen LogP contribution in [0, 0.1) is 0 Å². The number of halogens is 2. The molecule has 0 unspecified atom stereocenters. The molecule has 0 aliphatic heterocycles. The topological polar surface area (TPSA) is 101 Å². The van der Waals surface area contributed by atoms with Crippen LogP contribution >= 0.6 is 27.5 Å². The van der Waals surface area contributed by atoms with Crippen LogP contribution in [-0.2, 0) is 4.79 Å². The van der Waals surface area contributed by atoms with E-state index in [1.807, 2.05) is 24.3 Å². The predicted molar refractivity (Wildman–Crippen MR) is 125 cm³/mol. The molecule has 0 radical (unpaired) electrons. The van der Waals surface area contributed by atoms with Gasteiger partial charge in [0.25, 0.3) is 11.8 Å². The molecule has 0 saturated carbocycles. The number of aliphatic hydroxyl groups is 1. The first-order valence-electron chi connectivity index (χ1n) is 9.52. The van der Waals surface area contributed by atoms with E-state index in [4.69, 9.17) is 21.4 Å². The quantitative estimate of drug-likeness (QED) is 0.308. The molecule has 0 aliphatic carbocycles. The van der Waals surface area contributed by atoms with Crippen molar-refractivity contribution in [3.8, 4) is 11.5 Å². The lowest BCUT2D eigenvalue weighted by Crippen LogP contribution is -2.36. The standard InChI is InChI=1S/C23H19BrClN3O4/c24-18-3-1-2-4-20(18)32-17-8-5-15(6-9-17)13-19(23(31)26-11-12-29)28-22(30)16-7-10-21(25)27-14-16/h1-10,13-14,29H,11-12H2,(H,26,31)(H,28,30)/b19-13-. The van der Waals surface area contributed by atoms with Gasteiger partial charge in [-0.15, -0.1) is 0 Å². The second kappa shape index (κ2) is 11.4. The van der Waals surface area contributed by atoms with Crippen LogP contribution in [0.5, 0.6) is 11.5 Å². The number of nitrogens with zero attached hydrogens (tertiary/aromatic N) is 1. The van der Waals surface area contributed by atoms with E-state index >= 15 is 0 Å². The first-order chi connectivity index (χ1) is 15.5. The number of rotatable bonds is 8. The summed E-state index contributed by atoms with van der Waals surface area (Å²) in [6.07, 6.45) is 2.84. The highest BCUT2D eigenvalue weighted by atomic mass is 79.9. The third kappa shape index (κ3) is 6.65. The summed E-state index contributed by atoms with van der Waals surface area (Å²) in [6.45, 7) is -0.178. The Kier molecular flexibility index (Phi) is 8.38. The van der Waals surface area contributed by atoms with E-state index < -0.39 is 11.8 Å². The maximum absolute atomic E-state index is 12.5. The van der Waals surface area contributed by atoms with E-state index in [1.165, 1.54) is 24.4 Å². The predicted octanol–water partition coefficient (Wildman–Crippen LogP) is 4.17. The Hall–Kier alpha value is -3.20. The van der Waals surface area contributed by atoms with Gasteiger partial charge in [0.1, 0.15) is 22.3 Å². The summed E-state index contributed by atoms with van der Waals surface area (Å²) < 4.78 is 6.66. The molecule has 0 atom stereocenters. The summed E-state index contributed by atoms with van der Waals surface area (Å²) in [5.41, 5.74) is 0.915. The molecule has 0 bridgehead atoms. The van der Waals surface area contributed by atoms with E-state index in [0.717, 1.165) is 4.47 Å². The van der Waals surface area contributed by atoms with Gasteiger partial charge < -0.3 is 20.5 Å². The number of nitrogens with one attached hydrogen (secondary N) is 2. The van der Waals surface area contributed by atoms with E-state index in [2.05, 4.69) is 31.5 Å². The van der Waals surface area contributed by atoms with Crippen molar-refractivity contribution in [3.05, 3.63) is 93.3 Å². The Balaban J connectivity index is 1.79. The van der Waals surface area contributed by atoms with Crippen molar-refractivity contribution in [2.24, 2.45) is 0 Å². The lowest BCUT2D eigenvalue weighted by Gasteiger charge is -2.11. The number of carbonyl (C=O) groups is 2. The monoisotopic (exact) mass is 515 g/mol. The Bertz CT molecular complexity index is 1120. The third-order valence-electron chi connectivity index (χ3n) is 4.14. The first kappa shape index (κ1) is 23.5. The number of carbonyl (C=O) groups excluding carboxylic acids is 2. The van der Waals surface area contributed by atoms with Crippen LogP contribution in [0.4, 0.5) is 0 Å². The molecule has 2 amide bonds. The molecule has 2 aromatic carbocycles. The van der Waals surface area contributed by atoms with Crippen LogP contribution in [0.15, 0.2) is 77.0 Å². The van der Waals surface area contributed by atoms with Crippen molar-refractivity contribution >= 4 is 45.4 Å².